The fourth-order valence-electron chi connectivity index (χ4n) is 9.75. The molecule has 0 saturated heterocycles. The SMILES string of the molecule is C[Si](C)(C)O[Si](C)(C)O[Si](C)(C)O[Si](C)(C)O[Si](C)(C)O[Si](C)(C)O[Si](C)(C)O[Si](C)(C)O[Si](C)(C)O[Si](C)(C)O[Si](C)(C)O[Si](C)(C)CCC1CC2C=CC1C2. The Bertz CT molecular complexity index is 1370. The molecule has 0 aromatic carbocycles. The molecular formula is C34H88O11Si12. The number of hydrogen-bond acceptors (Lipinski definition) is 11. The Morgan fingerprint density at radius 1 is 0.333 bits per heavy atom. The van der Waals surface area contributed by atoms with Crippen molar-refractivity contribution in [3.63, 3.8) is 0 Å². The molecule has 2 bridgehead atoms. The number of rotatable bonds is 25. The van der Waals surface area contributed by atoms with Gasteiger partial charge in [-0.25, -0.2) is 0 Å². The lowest BCUT2D eigenvalue weighted by molar-refractivity contribution is 0.253. The maximum Gasteiger partial charge on any atom is 0.314 e. The van der Waals surface area contributed by atoms with Crippen LogP contribution in [-0.2, 0) is 45.3 Å². The van der Waals surface area contributed by atoms with Crippen LogP contribution in [0.5, 0.6) is 0 Å². The average Bonchev–Trinajstić information content (AvgIpc) is 3.41. The number of fused-ring (bicyclic) bond motifs is 2. The normalized spacial score (nSPS) is 21.2. The van der Waals surface area contributed by atoms with Crippen LogP contribution in [0.1, 0.15) is 19.3 Å². The van der Waals surface area contributed by atoms with Crippen molar-refractivity contribution in [3.8, 4) is 0 Å². The minimum atomic E-state index is -2.73. The van der Waals surface area contributed by atoms with Gasteiger partial charge < -0.3 is 45.3 Å². The van der Waals surface area contributed by atoms with Crippen molar-refractivity contribution in [2.75, 3.05) is 0 Å². The molecule has 1 fully saturated rings. The third kappa shape index (κ3) is 21.9. The van der Waals surface area contributed by atoms with E-state index in [1.54, 1.807) is 0 Å². The van der Waals surface area contributed by atoms with Gasteiger partial charge in [-0.15, -0.1) is 0 Å². The highest BCUT2D eigenvalue weighted by Crippen LogP contribution is 2.46. The van der Waals surface area contributed by atoms with E-state index in [2.05, 4.69) is 176 Å². The summed E-state index contributed by atoms with van der Waals surface area (Å²) in [6.45, 7) is 53.4. The Balaban J connectivity index is 1.98. The van der Waals surface area contributed by atoms with Gasteiger partial charge in [-0.05, 0) is 200 Å². The molecule has 338 valence electrons. The molecule has 2 aliphatic carbocycles. The van der Waals surface area contributed by atoms with Gasteiger partial charge in [0, 0.05) is 0 Å². The number of allylic oxidation sites excluding steroid dienone is 2. The standard InChI is InChI=1S/C34H88O11Si12/c1-46(2,3)35-48(6,7)37-50(10,11)39-52(14,15)41-54(18,19)43-56(22,23)45-57(24,25)44-55(20,21)42-53(16,17)40-51(12,13)38-49(8,9)36-47(4,5)29-28-34-31-32-26-27-33(34)30-32/h26-27,32-34H,28-31H2,1-25H3. The zero-order valence-electron chi connectivity index (χ0n) is 41.2. The molecular weight excluding hydrogens is 921 g/mol. The van der Waals surface area contributed by atoms with E-state index in [1.165, 1.54) is 25.3 Å². The largest absolute Gasteiger partial charge is 0.437 e. The molecule has 23 heteroatoms. The molecule has 3 atom stereocenters. The smallest absolute Gasteiger partial charge is 0.314 e. The topological polar surface area (TPSA) is 102 Å². The Hall–Kier alpha value is 1.90. The van der Waals surface area contributed by atoms with Crippen LogP contribution in [0.2, 0.25) is 170 Å². The summed E-state index contributed by atoms with van der Waals surface area (Å²) in [5.74, 6) is 2.43. The van der Waals surface area contributed by atoms with Crippen LogP contribution in [0.4, 0.5) is 0 Å². The van der Waals surface area contributed by atoms with Crippen molar-refractivity contribution in [1.82, 2.24) is 0 Å². The molecule has 0 amide bonds. The van der Waals surface area contributed by atoms with Gasteiger partial charge in [-0.1, -0.05) is 18.6 Å². The molecule has 0 N–H and O–H groups in total. The predicted octanol–water partition coefficient (Wildman–Crippen LogP) is 11.8. The fraction of sp³-hybridized carbons (Fsp3) is 0.941. The van der Waals surface area contributed by atoms with Crippen LogP contribution in [0.25, 0.3) is 0 Å². The first-order valence-corrected chi connectivity index (χ1v) is 55.9. The van der Waals surface area contributed by atoms with Crippen LogP contribution < -0.4 is 0 Å². The summed E-state index contributed by atoms with van der Waals surface area (Å²) in [6.07, 6.45) is 8.88. The summed E-state index contributed by atoms with van der Waals surface area (Å²) in [4.78, 5) is 0. The lowest BCUT2D eigenvalue weighted by atomic mass is 9.91. The van der Waals surface area contributed by atoms with Crippen molar-refractivity contribution in [3.05, 3.63) is 12.2 Å². The molecule has 3 unspecified atom stereocenters. The van der Waals surface area contributed by atoms with E-state index in [0.717, 1.165) is 17.8 Å². The highest BCUT2D eigenvalue weighted by molar-refractivity contribution is 6.94. The highest BCUT2D eigenvalue weighted by Gasteiger charge is 2.51. The molecule has 0 radical (unpaired) electrons. The monoisotopic (exact) mass is 1010 g/mol. The van der Waals surface area contributed by atoms with Crippen LogP contribution in [0.3, 0.4) is 0 Å². The zero-order chi connectivity index (χ0) is 44.8. The second kappa shape index (κ2) is 18.8. The lowest BCUT2D eigenvalue weighted by Gasteiger charge is -2.45. The maximum atomic E-state index is 6.96. The van der Waals surface area contributed by atoms with Crippen molar-refractivity contribution < 1.29 is 45.3 Å². The minimum Gasteiger partial charge on any atom is -0.437 e. The molecule has 0 heterocycles. The summed E-state index contributed by atoms with van der Waals surface area (Å²) in [5.41, 5.74) is 0. The minimum absolute atomic E-state index is 0.787. The lowest BCUT2D eigenvalue weighted by Crippen LogP contribution is -2.62. The summed E-state index contributed by atoms with van der Waals surface area (Å²) in [6, 6.07) is 1.18. The Labute approximate surface area is 364 Å². The van der Waals surface area contributed by atoms with Gasteiger partial charge in [0.25, 0.3) is 0 Å². The van der Waals surface area contributed by atoms with Gasteiger partial charge in [-0.2, -0.15) is 0 Å². The molecule has 2 rings (SSSR count). The van der Waals surface area contributed by atoms with Gasteiger partial charge in [0.2, 0.25) is 0 Å². The van der Waals surface area contributed by atoms with E-state index < -0.39 is 102 Å². The molecule has 1 saturated carbocycles. The fourth-order valence-corrected chi connectivity index (χ4v) is 70.5. The van der Waals surface area contributed by atoms with Crippen LogP contribution in [0, 0.1) is 17.8 Å². The molecule has 0 spiro atoms. The Kier molecular flexibility index (Phi) is 18.1. The van der Waals surface area contributed by atoms with Gasteiger partial charge in [-0.3, -0.25) is 0 Å². The summed E-state index contributed by atoms with van der Waals surface area (Å²) >= 11 is 0. The molecule has 57 heavy (non-hydrogen) atoms. The second-order valence-electron chi connectivity index (χ2n) is 22.6. The van der Waals surface area contributed by atoms with Crippen molar-refractivity contribution in [2.24, 2.45) is 17.8 Å². The first kappa shape index (κ1) is 55.0. The first-order valence-electron chi connectivity index (χ1n) is 21.2. The highest BCUT2D eigenvalue weighted by atomic mass is 28.5. The molecule has 0 aliphatic heterocycles. The first-order chi connectivity index (χ1) is 24.8. The number of hydrogen-bond donors (Lipinski definition) is 0. The quantitative estimate of drug-likeness (QED) is 0.0645. The summed E-state index contributed by atoms with van der Waals surface area (Å²) in [5, 5.41) is 0. The van der Waals surface area contributed by atoms with Gasteiger partial charge in [0.05, 0.1) is 0 Å². The second-order valence-corrected chi connectivity index (χ2v) is 67.8. The summed E-state index contributed by atoms with van der Waals surface area (Å²) in [7, 11) is -29.9. The Morgan fingerprint density at radius 3 is 0.825 bits per heavy atom. The average molecular weight is 1010 g/mol. The van der Waals surface area contributed by atoms with Gasteiger partial charge >= 0.3 is 85.6 Å². The van der Waals surface area contributed by atoms with E-state index in [1.807, 2.05) is 0 Å². The maximum absolute atomic E-state index is 6.96. The zero-order valence-corrected chi connectivity index (χ0v) is 53.2. The third-order valence-electron chi connectivity index (χ3n) is 9.03. The van der Waals surface area contributed by atoms with Crippen molar-refractivity contribution in [2.45, 2.75) is 189 Å². The van der Waals surface area contributed by atoms with E-state index in [-0.39, 0.29) is 0 Å². The molecule has 0 aromatic heterocycles. The van der Waals surface area contributed by atoms with E-state index in [4.69, 9.17) is 45.3 Å². The molecule has 2 aliphatic rings. The van der Waals surface area contributed by atoms with Gasteiger partial charge in [0.15, 0.2) is 16.6 Å². The molecule has 0 aromatic rings. The van der Waals surface area contributed by atoms with Crippen LogP contribution in [-0.4, -0.2) is 102 Å². The third-order valence-corrected chi connectivity index (χ3v) is 54.5. The summed E-state index contributed by atoms with van der Waals surface area (Å²) < 4.78 is 74.8. The molecule has 11 nitrogen and oxygen atoms in total. The van der Waals surface area contributed by atoms with Crippen LogP contribution >= 0.6 is 0 Å². The van der Waals surface area contributed by atoms with Crippen LogP contribution in [0.15, 0.2) is 12.2 Å². The Morgan fingerprint density at radius 2 is 0.596 bits per heavy atom. The predicted molar refractivity (Wildman–Crippen MR) is 266 cm³/mol. The van der Waals surface area contributed by atoms with Crippen molar-refractivity contribution in [1.29, 1.82) is 0 Å². The van der Waals surface area contributed by atoms with E-state index >= 15 is 0 Å². The van der Waals surface area contributed by atoms with E-state index in [9.17, 15) is 0 Å². The van der Waals surface area contributed by atoms with Gasteiger partial charge in [0.1, 0.15) is 0 Å². The van der Waals surface area contributed by atoms with Crippen molar-refractivity contribution >= 4 is 102 Å². The van der Waals surface area contributed by atoms with E-state index in [0.29, 0.717) is 0 Å².